The van der Waals surface area contributed by atoms with Crippen LogP contribution in [0.5, 0.6) is 17.4 Å². The Morgan fingerprint density at radius 2 is 2.11 bits per heavy atom. The topological polar surface area (TPSA) is 66.6 Å². The molecular formula is C14H14N2O3. The number of nitrogens with zero attached hydrogens (tertiary/aromatic N) is 1. The zero-order chi connectivity index (χ0) is 13.1. The monoisotopic (exact) mass is 258 g/mol. The van der Waals surface area contributed by atoms with Crippen molar-refractivity contribution in [3.63, 3.8) is 0 Å². The van der Waals surface area contributed by atoms with Crippen molar-refractivity contribution in [2.45, 2.75) is 13.2 Å². The number of hydrogen-bond donors (Lipinski definition) is 1. The molecule has 0 fully saturated rings. The molecule has 0 radical (unpaired) electrons. The molecule has 2 heterocycles. The Balaban J connectivity index is 1.72. The second kappa shape index (κ2) is 5.16. The van der Waals surface area contributed by atoms with Crippen molar-refractivity contribution in [3.05, 3.63) is 47.7 Å². The van der Waals surface area contributed by atoms with Gasteiger partial charge in [0, 0.05) is 18.3 Å². The highest BCUT2D eigenvalue weighted by Crippen LogP contribution is 2.32. The molecule has 0 aliphatic carbocycles. The van der Waals surface area contributed by atoms with Crippen molar-refractivity contribution in [1.82, 2.24) is 4.98 Å². The molecule has 98 valence electrons. The minimum Gasteiger partial charge on any atom is -0.473 e. The molecule has 1 aromatic heterocycles. The minimum atomic E-state index is 0.275. The quantitative estimate of drug-likeness (QED) is 0.906. The minimum absolute atomic E-state index is 0.275. The number of rotatable bonds is 4. The number of aromatic nitrogens is 1. The van der Waals surface area contributed by atoms with Gasteiger partial charge in [-0.25, -0.2) is 4.98 Å². The van der Waals surface area contributed by atoms with Gasteiger partial charge in [0.05, 0.1) is 0 Å². The standard InChI is InChI=1S/C14H14N2O3/c15-7-11-2-1-5-16-14(11)17-8-10-3-4-12-13(6-10)19-9-18-12/h1-6H,7-9,15H2. The van der Waals surface area contributed by atoms with Crippen molar-refractivity contribution < 1.29 is 14.2 Å². The Morgan fingerprint density at radius 3 is 3.00 bits per heavy atom. The molecule has 2 N–H and O–H groups in total. The van der Waals surface area contributed by atoms with E-state index < -0.39 is 0 Å². The highest BCUT2D eigenvalue weighted by molar-refractivity contribution is 5.44. The summed E-state index contributed by atoms with van der Waals surface area (Å²) in [5.74, 6) is 2.09. The highest BCUT2D eigenvalue weighted by Gasteiger charge is 2.13. The Hall–Kier alpha value is -2.27. The predicted molar refractivity (Wildman–Crippen MR) is 69.0 cm³/mol. The van der Waals surface area contributed by atoms with Gasteiger partial charge < -0.3 is 19.9 Å². The SMILES string of the molecule is NCc1cccnc1OCc1ccc2c(c1)OCO2. The van der Waals surface area contributed by atoms with E-state index in [0.717, 1.165) is 22.6 Å². The molecule has 0 spiro atoms. The first-order valence-corrected chi connectivity index (χ1v) is 6.02. The Morgan fingerprint density at radius 1 is 1.21 bits per heavy atom. The lowest BCUT2D eigenvalue weighted by Crippen LogP contribution is -2.04. The van der Waals surface area contributed by atoms with Crippen LogP contribution in [0.25, 0.3) is 0 Å². The summed E-state index contributed by atoms with van der Waals surface area (Å²) in [6, 6.07) is 9.48. The van der Waals surface area contributed by atoms with E-state index in [-0.39, 0.29) is 6.79 Å². The van der Waals surface area contributed by atoms with Crippen LogP contribution >= 0.6 is 0 Å². The molecule has 5 heteroatoms. The smallest absolute Gasteiger partial charge is 0.231 e. The molecule has 0 saturated carbocycles. The van der Waals surface area contributed by atoms with Crippen molar-refractivity contribution in [3.8, 4) is 17.4 Å². The van der Waals surface area contributed by atoms with Gasteiger partial charge in [0.15, 0.2) is 11.5 Å². The zero-order valence-electron chi connectivity index (χ0n) is 10.3. The second-order valence-corrected chi connectivity index (χ2v) is 4.15. The maximum absolute atomic E-state index is 5.69. The normalized spacial score (nSPS) is 12.5. The molecule has 0 saturated heterocycles. The van der Waals surface area contributed by atoms with Crippen LogP contribution in [0.2, 0.25) is 0 Å². The number of pyridine rings is 1. The third-order valence-corrected chi connectivity index (χ3v) is 2.88. The summed E-state index contributed by atoms with van der Waals surface area (Å²) in [6.07, 6.45) is 1.69. The van der Waals surface area contributed by atoms with Crippen LogP contribution in [0, 0.1) is 0 Å². The largest absolute Gasteiger partial charge is 0.473 e. The lowest BCUT2D eigenvalue weighted by molar-refractivity contribution is 0.174. The van der Waals surface area contributed by atoms with Crippen LogP contribution < -0.4 is 19.9 Å². The van der Waals surface area contributed by atoms with Gasteiger partial charge in [-0.1, -0.05) is 12.1 Å². The van der Waals surface area contributed by atoms with Crippen molar-refractivity contribution in [2.24, 2.45) is 5.73 Å². The first kappa shape index (κ1) is 11.8. The molecule has 1 aliphatic rings. The zero-order valence-corrected chi connectivity index (χ0v) is 10.3. The van der Waals surface area contributed by atoms with Crippen molar-refractivity contribution in [1.29, 1.82) is 0 Å². The molecule has 2 aromatic rings. The summed E-state index contributed by atoms with van der Waals surface area (Å²) in [7, 11) is 0. The first-order chi connectivity index (χ1) is 9.36. The van der Waals surface area contributed by atoms with Gasteiger partial charge in [0.1, 0.15) is 6.61 Å². The van der Waals surface area contributed by atoms with E-state index in [0.29, 0.717) is 19.0 Å². The number of nitrogens with two attached hydrogens (primary N) is 1. The number of hydrogen-bond acceptors (Lipinski definition) is 5. The van der Waals surface area contributed by atoms with Gasteiger partial charge >= 0.3 is 0 Å². The number of fused-ring (bicyclic) bond motifs is 1. The van der Waals surface area contributed by atoms with Gasteiger partial charge in [0.25, 0.3) is 0 Å². The molecule has 5 nitrogen and oxygen atoms in total. The predicted octanol–water partition coefficient (Wildman–Crippen LogP) is 1.85. The number of benzene rings is 1. The van der Waals surface area contributed by atoms with Crippen LogP contribution in [-0.4, -0.2) is 11.8 Å². The fourth-order valence-corrected chi connectivity index (χ4v) is 1.89. The summed E-state index contributed by atoms with van der Waals surface area (Å²) in [5, 5.41) is 0. The molecule has 0 amide bonds. The van der Waals surface area contributed by atoms with E-state index in [4.69, 9.17) is 19.9 Å². The van der Waals surface area contributed by atoms with Gasteiger partial charge in [-0.15, -0.1) is 0 Å². The van der Waals surface area contributed by atoms with E-state index >= 15 is 0 Å². The summed E-state index contributed by atoms with van der Waals surface area (Å²) in [5.41, 5.74) is 7.53. The van der Waals surface area contributed by atoms with Crippen LogP contribution in [0.4, 0.5) is 0 Å². The van der Waals surface area contributed by atoms with E-state index in [1.165, 1.54) is 0 Å². The molecule has 0 bridgehead atoms. The Kier molecular flexibility index (Phi) is 3.20. The van der Waals surface area contributed by atoms with E-state index in [1.807, 2.05) is 30.3 Å². The van der Waals surface area contributed by atoms with Crippen LogP contribution in [0.1, 0.15) is 11.1 Å². The molecule has 1 aliphatic heterocycles. The third kappa shape index (κ3) is 2.46. The average Bonchev–Trinajstić information content (AvgIpc) is 2.93. The second-order valence-electron chi connectivity index (χ2n) is 4.15. The van der Waals surface area contributed by atoms with E-state index in [2.05, 4.69) is 4.98 Å². The van der Waals surface area contributed by atoms with Gasteiger partial charge in [-0.2, -0.15) is 0 Å². The highest BCUT2D eigenvalue weighted by atomic mass is 16.7. The number of ether oxygens (including phenoxy) is 3. The molecule has 0 unspecified atom stereocenters. The lowest BCUT2D eigenvalue weighted by Gasteiger charge is -2.09. The van der Waals surface area contributed by atoms with Crippen molar-refractivity contribution >= 4 is 0 Å². The summed E-state index contributed by atoms with van der Waals surface area (Å²) >= 11 is 0. The lowest BCUT2D eigenvalue weighted by atomic mass is 10.2. The van der Waals surface area contributed by atoms with E-state index in [9.17, 15) is 0 Å². The van der Waals surface area contributed by atoms with Crippen molar-refractivity contribution in [2.75, 3.05) is 6.79 Å². The fraction of sp³-hybridized carbons (Fsp3) is 0.214. The average molecular weight is 258 g/mol. The Bertz CT molecular complexity index is 587. The van der Waals surface area contributed by atoms with Crippen LogP contribution in [0.15, 0.2) is 36.5 Å². The summed E-state index contributed by atoms with van der Waals surface area (Å²) in [6.45, 7) is 1.10. The van der Waals surface area contributed by atoms with Gasteiger partial charge in [-0.05, 0) is 23.8 Å². The fourth-order valence-electron chi connectivity index (χ4n) is 1.89. The molecule has 19 heavy (non-hydrogen) atoms. The third-order valence-electron chi connectivity index (χ3n) is 2.88. The molecule has 1 aromatic carbocycles. The molecule has 0 atom stereocenters. The maximum Gasteiger partial charge on any atom is 0.231 e. The van der Waals surface area contributed by atoms with Gasteiger partial charge in [-0.3, -0.25) is 0 Å². The molecule has 3 rings (SSSR count). The van der Waals surface area contributed by atoms with Crippen LogP contribution in [0.3, 0.4) is 0 Å². The molecular weight excluding hydrogens is 244 g/mol. The van der Waals surface area contributed by atoms with Gasteiger partial charge in [0.2, 0.25) is 12.7 Å². The summed E-state index contributed by atoms with van der Waals surface area (Å²) < 4.78 is 16.3. The van der Waals surface area contributed by atoms with E-state index in [1.54, 1.807) is 6.20 Å². The first-order valence-electron chi connectivity index (χ1n) is 6.02. The summed E-state index contributed by atoms with van der Waals surface area (Å²) in [4.78, 5) is 4.18. The Labute approximate surface area is 110 Å². The maximum atomic E-state index is 5.69. The van der Waals surface area contributed by atoms with Crippen LogP contribution in [-0.2, 0) is 13.2 Å².